The summed E-state index contributed by atoms with van der Waals surface area (Å²) >= 11 is 0. The molecule has 0 radical (unpaired) electrons. The second-order valence-electron chi connectivity index (χ2n) is 5.86. The average Bonchev–Trinajstić information content (AvgIpc) is 2.59. The molecule has 0 atom stereocenters. The first kappa shape index (κ1) is 11.9. The lowest BCUT2D eigenvalue weighted by Crippen LogP contribution is -2.45. The first-order valence-electron chi connectivity index (χ1n) is 6.31. The molecule has 0 unspecified atom stereocenters. The van der Waals surface area contributed by atoms with Crippen molar-refractivity contribution in [2.45, 2.75) is 26.3 Å². The highest BCUT2D eigenvalue weighted by Gasteiger charge is 2.41. The van der Waals surface area contributed by atoms with E-state index >= 15 is 0 Å². The quantitative estimate of drug-likeness (QED) is 0.676. The van der Waals surface area contributed by atoms with Gasteiger partial charge in [0.1, 0.15) is 0 Å². The molecule has 2 aromatic carbocycles. The number of carbonyl (C=O) groups is 2. The monoisotopic (exact) mass is 253 g/mol. The van der Waals surface area contributed by atoms with E-state index in [9.17, 15) is 9.59 Å². The van der Waals surface area contributed by atoms with Gasteiger partial charge < -0.3 is 0 Å². The van der Waals surface area contributed by atoms with E-state index in [2.05, 4.69) is 0 Å². The highest BCUT2D eigenvalue weighted by molar-refractivity contribution is 6.23. The summed E-state index contributed by atoms with van der Waals surface area (Å²) in [6, 6.07) is 11.4. The number of rotatable bonds is 0. The minimum atomic E-state index is -0.501. The zero-order valence-corrected chi connectivity index (χ0v) is 11.2. The van der Waals surface area contributed by atoms with Gasteiger partial charge in [-0.1, -0.05) is 24.3 Å². The first-order chi connectivity index (χ1) is 8.89. The lowest BCUT2D eigenvalue weighted by atomic mass is 10.0. The van der Waals surface area contributed by atoms with Crippen LogP contribution in [0.25, 0.3) is 10.8 Å². The van der Waals surface area contributed by atoms with Crippen molar-refractivity contribution in [3.05, 3.63) is 47.5 Å². The van der Waals surface area contributed by atoms with Crippen LogP contribution in [0.5, 0.6) is 0 Å². The normalized spacial score (nSPS) is 15.2. The van der Waals surface area contributed by atoms with Gasteiger partial charge in [0.25, 0.3) is 11.8 Å². The van der Waals surface area contributed by atoms with Crippen LogP contribution in [0.2, 0.25) is 0 Å². The highest BCUT2D eigenvalue weighted by Crippen LogP contribution is 2.32. The van der Waals surface area contributed by atoms with E-state index in [4.69, 9.17) is 0 Å². The number of carbonyl (C=O) groups excluding carboxylic acids is 2. The molecule has 0 saturated heterocycles. The number of fused-ring (bicyclic) bond motifs is 2. The maximum atomic E-state index is 12.4. The summed E-state index contributed by atoms with van der Waals surface area (Å²) < 4.78 is 0. The fourth-order valence-corrected chi connectivity index (χ4v) is 2.54. The molecule has 0 saturated carbocycles. The number of imide groups is 1. The summed E-state index contributed by atoms with van der Waals surface area (Å²) in [5.74, 6) is -0.392. The highest BCUT2D eigenvalue weighted by atomic mass is 16.2. The lowest BCUT2D eigenvalue weighted by Gasteiger charge is -2.29. The SMILES string of the molecule is CC(C)(C)N1C(=O)c2cc3ccccc3cc2C1=O. The molecular weight excluding hydrogens is 238 g/mol. The maximum Gasteiger partial charge on any atom is 0.262 e. The van der Waals surface area contributed by atoms with Gasteiger partial charge in [0, 0.05) is 5.54 Å². The Kier molecular flexibility index (Phi) is 2.30. The number of hydrogen-bond donors (Lipinski definition) is 0. The summed E-state index contributed by atoms with van der Waals surface area (Å²) in [6.07, 6.45) is 0. The molecule has 0 spiro atoms. The van der Waals surface area contributed by atoms with Crippen LogP contribution in [0, 0.1) is 0 Å². The van der Waals surface area contributed by atoms with E-state index in [-0.39, 0.29) is 11.8 Å². The van der Waals surface area contributed by atoms with E-state index < -0.39 is 5.54 Å². The van der Waals surface area contributed by atoms with Crippen molar-refractivity contribution in [3.63, 3.8) is 0 Å². The van der Waals surface area contributed by atoms with Crippen molar-refractivity contribution in [2.75, 3.05) is 0 Å². The Labute approximate surface area is 111 Å². The summed E-state index contributed by atoms with van der Waals surface area (Å²) in [6.45, 7) is 5.61. The average molecular weight is 253 g/mol. The standard InChI is InChI=1S/C16H15NO2/c1-16(2,3)17-14(18)12-8-10-6-4-5-7-11(10)9-13(12)15(17)19/h4-9H,1-3H3. The molecule has 0 fully saturated rings. The zero-order chi connectivity index (χ0) is 13.8. The second-order valence-corrected chi connectivity index (χ2v) is 5.86. The van der Waals surface area contributed by atoms with Gasteiger partial charge in [-0.3, -0.25) is 14.5 Å². The number of nitrogens with zero attached hydrogens (tertiary/aromatic N) is 1. The Morgan fingerprint density at radius 3 is 1.63 bits per heavy atom. The molecule has 0 aromatic heterocycles. The van der Waals surface area contributed by atoms with Crippen LogP contribution >= 0.6 is 0 Å². The largest absolute Gasteiger partial charge is 0.269 e. The maximum absolute atomic E-state index is 12.4. The summed E-state index contributed by atoms with van der Waals surface area (Å²) in [7, 11) is 0. The molecule has 96 valence electrons. The van der Waals surface area contributed by atoms with Gasteiger partial charge in [-0.05, 0) is 43.7 Å². The Hall–Kier alpha value is -2.16. The Bertz CT molecular complexity index is 656. The van der Waals surface area contributed by atoms with Crippen LogP contribution in [-0.2, 0) is 0 Å². The molecule has 1 aliphatic rings. The van der Waals surface area contributed by atoms with E-state index in [1.165, 1.54) is 4.90 Å². The van der Waals surface area contributed by atoms with Gasteiger partial charge in [-0.15, -0.1) is 0 Å². The molecule has 3 rings (SSSR count). The fourth-order valence-electron chi connectivity index (χ4n) is 2.54. The zero-order valence-electron chi connectivity index (χ0n) is 11.2. The van der Waals surface area contributed by atoms with Crippen molar-refractivity contribution >= 4 is 22.6 Å². The van der Waals surface area contributed by atoms with E-state index in [1.807, 2.05) is 57.2 Å². The summed E-state index contributed by atoms with van der Waals surface area (Å²) in [4.78, 5) is 26.1. The van der Waals surface area contributed by atoms with Crippen LogP contribution in [0.3, 0.4) is 0 Å². The molecule has 3 nitrogen and oxygen atoms in total. The third-order valence-corrected chi connectivity index (χ3v) is 3.42. The number of hydrogen-bond acceptors (Lipinski definition) is 2. The minimum absolute atomic E-state index is 0.196. The van der Waals surface area contributed by atoms with E-state index in [1.54, 1.807) is 0 Å². The first-order valence-corrected chi connectivity index (χ1v) is 6.31. The van der Waals surface area contributed by atoms with Gasteiger partial charge in [0.05, 0.1) is 11.1 Å². The predicted molar refractivity (Wildman–Crippen MR) is 74.2 cm³/mol. The molecule has 3 heteroatoms. The number of amides is 2. The van der Waals surface area contributed by atoms with Crippen LogP contribution < -0.4 is 0 Å². The molecule has 19 heavy (non-hydrogen) atoms. The van der Waals surface area contributed by atoms with E-state index in [0.29, 0.717) is 11.1 Å². The predicted octanol–water partition coefficient (Wildman–Crippen LogP) is 3.23. The Morgan fingerprint density at radius 1 is 0.842 bits per heavy atom. The van der Waals surface area contributed by atoms with Crippen molar-refractivity contribution in [1.82, 2.24) is 4.90 Å². The van der Waals surface area contributed by atoms with Crippen LogP contribution in [0.1, 0.15) is 41.5 Å². The van der Waals surface area contributed by atoms with Gasteiger partial charge in [0.2, 0.25) is 0 Å². The number of benzene rings is 2. The molecule has 0 aliphatic carbocycles. The van der Waals surface area contributed by atoms with Crippen LogP contribution in [0.15, 0.2) is 36.4 Å². The van der Waals surface area contributed by atoms with Crippen molar-refractivity contribution in [3.8, 4) is 0 Å². The van der Waals surface area contributed by atoms with Gasteiger partial charge in [-0.25, -0.2) is 0 Å². The second kappa shape index (κ2) is 3.67. The van der Waals surface area contributed by atoms with Crippen molar-refractivity contribution in [2.24, 2.45) is 0 Å². The molecule has 0 N–H and O–H groups in total. The Balaban J connectivity index is 2.25. The third-order valence-electron chi connectivity index (χ3n) is 3.42. The van der Waals surface area contributed by atoms with Gasteiger partial charge in [0.15, 0.2) is 0 Å². The van der Waals surface area contributed by atoms with Crippen LogP contribution in [-0.4, -0.2) is 22.3 Å². The van der Waals surface area contributed by atoms with Gasteiger partial charge >= 0.3 is 0 Å². The van der Waals surface area contributed by atoms with Gasteiger partial charge in [-0.2, -0.15) is 0 Å². The third kappa shape index (κ3) is 1.65. The molecule has 2 aromatic rings. The van der Waals surface area contributed by atoms with Crippen LogP contribution in [0.4, 0.5) is 0 Å². The summed E-state index contributed by atoms with van der Waals surface area (Å²) in [5, 5.41) is 1.97. The van der Waals surface area contributed by atoms with E-state index in [0.717, 1.165) is 10.8 Å². The van der Waals surface area contributed by atoms with Crippen molar-refractivity contribution in [1.29, 1.82) is 0 Å². The minimum Gasteiger partial charge on any atom is -0.269 e. The topological polar surface area (TPSA) is 37.4 Å². The molecule has 0 bridgehead atoms. The van der Waals surface area contributed by atoms with Crippen molar-refractivity contribution < 1.29 is 9.59 Å². The fraction of sp³-hybridized carbons (Fsp3) is 0.250. The molecular formula is C16H15NO2. The summed E-state index contributed by atoms with van der Waals surface area (Å²) in [5.41, 5.74) is 0.525. The Morgan fingerprint density at radius 2 is 1.26 bits per heavy atom. The molecule has 2 amide bonds. The lowest BCUT2D eigenvalue weighted by molar-refractivity contribution is 0.0508. The molecule has 1 aliphatic heterocycles. The smallest absolute Gasteiger partial charge is 0.262 e. The molecule has 1 heterocycles.